The zero-order valence-electron chi connectivity index (χ0n) is 11.9. The van der Waals surface area contributed by atoms with E-state index in [1.54, 1.807) is 37.2 Å². The first-order valence-corrected chi connectivity index (χ1v) is 6.44. The first-order valence-electron chi connectivity index (χ1n) is 6.44. The molecule has 1 amide bonds. The lowest BCUT2D eigenvalue weighted by atomic mass is 10.1. The molecule has 1 rings (SSSR count). The number of anilines is 1. The highest BCUT2D eigenvalue weighted by atomic mass is 16.3. The van der Waals surface area contributed by atoms with Gasteiger partial charge in [-0.1, -0.05) is 6.92 Å². The quantitative estimate of drug-likeness (QED) is 0.600. The zero-order chi connectivity index (χ0) is 14.4. The number of phenolic OH excluding ortho intramolecular Hbond substituents is 1. The third-order valence-corrected chi connectivity index (χ3v) is 2.90. The largest absolute Gasteiger partial charge is 0.508 e. The highest BCUT2D eigenvalue weighted by molar-refractivity contribution is 5.77. The number of aromatic hydroxyl groups is 1. The van der Waals surface area contributed by atoms with Crippen LogP contribution in [0.2, 0.25) is 0 Å². The molecule has 0 aliphatic carbocycles. The number of phenols is 1. The summed E-state index contributed by atoms with van der Waals surface area (Å²) in [5.41, 5.74) is 7.09. The lowest BCUT2D eigenvalue weighted by molar-refractivity contribution is -0.130. The Labute approximate surface area is 114 Å². The number of amides is 1. The smallest absolute Gasteiger partial charge is 0.236 e. The van der Waals surface area contributed by atoms with Gasteiger partial charge in [-0.05, 0) is 31.2 Å². The Bertz CT molecular complexity index is 433. The van der Waals surface area contributed by atoms with Gasteiger partial charge in [-0.25, -0.2) is 0 Å². The van der Waals surface area contributed by atoms with E-state index in [4.69, 9.17) is 5.73 Å². The summed E-state index contributed by atoms with van der Waals surface area (Å²) in [5.74, 6) is 0.268. The number of carbonyl (C=O) groups is 1. The van der Waals surface area contributed by atoms with Gasteiger partial charge in [0.25, 0.3) is 0 Å². The summed E-state index contributed by atoms with van der Waals surface area (Å²) in [6.45, 7) is 3.72. The second kappa shape index (κ2) is 6.99. The lowest BCUT2D eigenvalue weighted by Crippen LogP contribution is -2.36. The number of hydrogen-bond donors (Lipinski definition) is 2. The van der Waals surface area contributed by atoms with Gasteiger partial charge in [0.1, 0.15) is 5.75 Å². The maximum Gasteiger partial charge on any atom is 0.236 e. The van der Waals surface area contributed by atoms with E-state index in [0.29, 0.717) is 18.8 Å². The summed E-state index contributed by atoms with van der Waals surface area (Å²) in [6, 6.07) is 4.99. The van der Waals surface area contributed by atoms with Crippen LogP contribution in [-0.4, -0.2) is 48.0 Å². The van der Waals surface area contributed by atoms with Gasteiger partial charge in [0.2, 0.25) is 5.91 Å². The molecule has 0 radical (unpaired) electrons. The molecule has 1 aromatic carbocycles. The first kappa shape index (κ1) is 15.3. The molecule has 0 aromatic heterocycles. The number of nitrogens with two attached hydrogens (primary N) is 1. The summed E-state index contributed by atoms with van der Waals surface area (Å²) in [5, 5.41) is 9.82. The fraction of sp³-hybridized carbons (Fsp3) is 0.500. The molecule has 5 heteroatoms. The van der Waals surface area contributed by atoms with E-state index >= 15 is 0 Å². The minimum atomic E-state index is 0.0526. The Morgan fingerprint density at radius 3 is 2.63 bits per heavy atom. The van der Waals surface area contributed by atoms with Crippen LogP contribution in [0.25, 0.3) is 0 Å². The van der Waals surface area contributed by atoms with Crippen LogP contribution >= 0.6 is 0 Å². The molecule has 0 atom stereocenters. The van der Waals surface area contributed by atoms with Gasteiger partial charge in [0, 0.05) is 31.9 Å². The summed E-state index contributed by atoms with van der Waals surface area (Å²) in [4.78, 5) is 15.3. The Kier molecular flexibility index (Phi) is 5.63. The van der Waals surface area contributed by atoms with E-state index in [0.717, 1.165) is 18.5 Å². The maximum atomic E-state index is 11.8. The number of hydrogen-bond acceptors (Lipinski definition) is 4. The van der Waals surface area contributed by atoms with Crippen LogP contribution in [0, 0.1) is 0 Å². The molecule has 106 valence electrons. The van der Waals surface area contributed by atoms with Crippen LogP contribution in [0.3, 0.4) is 0 Å². The predicted octanol–water partition coefficient (Wildman–Crippen LogP) is 1.27. The molecule has 0 aliphatic rings. The summed E-state index contributed by atoms with van der Waals surface area (Å²) >= 11 is 0. The van der Waals surface area contributed by atoms with E-state index in [1.807, 2.05) is 4.90 Å². The summed E-state index contributed by atoms with van der Waals surface area (Å²) < 4.78 is 0. The van der Waals surface area contributed by atoms with Crippen LogP contribution in [0.1, 0.15) is 18.9 Å². The number of nitrogens with zero attached hydrogens (tertiary/aromatic N) is 2. The minimum Gasteiger partial charge on any atom is -0.508 e. The molecule has 0 unspecified atom stereocenters. The fourth-order valence-electron chi connectivity index (χ4n) is 1.84. The van der Waals surface area contributed by atoms with E-state index in [1.165, 1.54) is 0 Å². The molecule has 0 saturated carbocycles. The topological polar surface area (TPSA) is 69.8 Å². The Balaban J connectivity index is 2.77. The Morgan fingerprint density at radius 2 is 2.05 bits per heavy atom. The van der Waals surface area contributed by atoms with Crippen LogP contribution in [0.15, 0.2) is 18.2 Å². The van der Waals surface area contributed by atoms with Gasteiger partial charge in [-0.15, -0.1) is 0 Å². The third-order valence-electron chi connectivity index (χ3n) is 2.90. The van der Waals surface area contributed by atoms with Crippen molar-refractivity contribution in [3.63, 3.8) is 0 Å². The Hall–Kier alpha value is -1.75. The van der Waals surface area contributed by atoms with E-state index in [9.17, 15) is 9.90 Å². The monoisotopic (exact) mass is 265 g/mol. The van der Waals surface area contributed by atoms with Crippen LogP contribution in [0.4, 0.5) is 5.69 Å². The average Bonchev–Trinajstić information content (AvgIpc) is 2.34. The molecule has 0 saturated heterocycles. The fourth-order valence-corrected chi connectivity index (χ4v) is 1.84. The molecule has 0 aliphatic heterocycles. The van der Waals surface area contributed by atoms with Gasteiger partial charge in [0.05, 0.1) is 6.54 Å². The minimum absolute atomic E-state index is 0.0526. The van der Waals surface area contributed by atoms with Gasteiger partial charge in [0.15, 0.2) is 0 Å². The second-order valence-electron chi connectivity index (χ2n) is 4.89. The SMILES string of the molecule is CCCN(CC(=O)N(C)C)Cc1cc(N)ccc1O. The lowest BCUT2D eigenvalue weighted by Gasteiger charge is -2.23. The van der Waals surface area contributed by atoms with Gasteiger partial charge < -0.3 is 15.7 Å². The van der Waals surface area contributed by atoms with Crippen molar-refractivity contribution in [3.05, 3.63) is 23.8 Å². The molecule has 5 nitrogen and oxygen atoms in total. The van der Waals surface area contributed by atoms with Crippen molar-refractivity contribution < 1.29 is 9.90 Å². The molecule has 0 bridgehead atoms. The van der Waals surface area contributed by atoms with E-state index in [2.05, 4.69) is 6.92 Å². The second-order valence-corrected chi connectivity index (χ2v) is 4.89. The van der Waals surface area contributed by atoms with Crippen LogP contribution in [0.5, 0.6) is 5.75 Å². The van der Waals surface area contributed by atoms with Crippen LogP contribution < -0.4 is 5.73 Å². The number of rotatable bonds is 6. The van der Waals surface area contributed by atoms with Crippen molar-refractivity contribution in [2.45, 2.75) is 19.9 Å². The highest BCUT2D eigenvalue weighted by Crippen LogP contribution is 2.21. The first-order chi connectivity index (χ1) is 8.93. The van der Waals surface area contributed by atoms with Crippen molar-refractivity contribution in [2.75, 3.05) is 32.9 Å². The highest BCUT2D eigenvalue weighted by Gasteiger charge is 2.14. The van der Waals surface area contributed by atoms with E-state index < -0.39 is 0 Å². The molecule has 1 aromatic rings. The molecule has 0 spiro atoms. The molecule has 0 heterocycles. The van der Waals surface area contributed by atoms with Crippen molar-refractivity contribution in [3.8, 4) is 5.75 Å². The number of likely N-dealkylation sites (N-methyl/N-ethyl adjacent to an activating group) is 1. The summed E-state index contributed by atoms with van der Waals surface area (Å²) in [7, 11) is 3.48. The molecule has 3 N–H and O–H groups in total. The molecule has 19 heavy (non-hydrogen) atoms. The van der Waals surface area contributed by atoms with Crippen molar-refractivity contribution in [1.82, 2.24) is 9.80 Å². The standard InChI is InChI=1S/C14H23N3O2/c1-4-7-17(10-14(19)16(2)3)9-11-8-12(15)5-6-13(11)18/h5-6,8,18H,4,7,9-10,15H2,1-3H3. The van der Waals surface area contributed by atoms with Crippen molar-refractivity contribution in [2.24, 2.45) is 0 Å². The normalized spacial score (nSPS) is 10.7. The Morgan fingerprint density at radius 1 is 1.37 bits per heavy atom. The van der Waals surface area contributed by atoms with E-state index in [-0.39, 0.29) is 11.7 Å². The van der Waals surface area contributed by atoms with Crippen molar-refractivity contribution >= 4 is 11.6 Å². The van der Waals surface area contributed by atoms with Gasteiger partial charge in [-0.3, -0.25) is 9.69 Å². The zero-order valence-corrected chi connectivity index (χ0v) is 11.9. The maximum absolute atomic E-state index is 11.8. The molecule has 0 fully saturated rings. The third kappa shape index (κ3) is 4.79. The number of benzene rings is 1. The average molecular weight is 265 g/mol. The predicted molar refractivity (Wildman–Crippen MR) is 76.8 cm³/mol. The van der Waals surface area contributed by atoms with Crippen LogP contribution in [-0.2, 0) is 11.3 Å². The number of nitrogen functional groups attached to an aromatic ring is 1. The van der Waals surface area contributed by atoms with Crippen molar-refractivity contribution in [1.29, 1.82) is 0 Å². The number of carbonyl (C=O) groups excluding carboxylic acids is 1. The molecular weight excluding hydrogens is 242 g/mol. The van der Waals surface area contributed by atoms with Gasteiger partial charge in [-0.2, -0.15) is 0 Å². The summed E-state index contributed by atoms with van der Waals surface area (Å²) in [6.07, 6.45) is 0.948. The molecular formula is C14H23N3O2. The van der Waals surface area contributed by atoms with Gasteiger partial charge >= 0.3 is 0 Å².